The highest BCUT2D eigenvalue weighted by atomic mass is 35.5. The molecule has 0 radical (unpaired) electrons. The lowest BCUT2D eigenvalue weighted by Crippen LogP contribution is -2.49. The number of hydrogen-bond acceptors (Lipinski definition) is 2. The molecule has 1 heterocycles. The molecule has 0 unspecified atom stereocenters. The largest absolute Gasteiger partial charge is 0.340 e. The lowest BCUT2D eigenvalue weighted by atomic mass is 10.1. The van der Waals surface area contributed by atoms with Crippen LogP contribution in [0.25, 0.3) is 0 Å². The molecule has 0 spiro atoms. The number of nitrogens with zero attached hydrogens (tertiary/aromatic N) is 2. The summed E-state index contributed by atoms with van der Waals surface area (Å²) in [6.45, 7) is 3.85. The molecule has 1 fully saturated rings. The van der Waals surface area contributed by atoms with Gasteiger partial charge in [-0.25, -0.2) is 4.39 Å². The predicted molar refractivity (Wildman–Crippen MR) is 103 cm³/mol. The van der Waals surface area contributed by atoms with Crippen LogP contribution in [0.15, 0.2) is 42.5 Å². The standard InChI is InChI=1S/C20H21Cl2FN2O/c21-17-6-5-15(18(22)14-17)7-8-24-9-11-25(12-10-24)20(26)13-16-3-1-2-4-19(16)23/h1-6,14H,7-13H2. The Balaban J connectivity index is 1.46. The highest BCUT2D eigenvalue weighted by molar-refractivity contribution is 6.35. The van der Waals surface area contributed by atoms with Gasteiger partial charge in [-0.15, -0.1) is 0 Å². The smallest absolute Gasteiger partial charge is 0.227 e. The maximum Gasteiger partial charge on any atom is 0.227 e. The maximum absolute atomic E-state index is 13.7. The first kappa shape index (κ1) is 19.2. The number of halogens is 3. The molecule has 1 amide bonds. The van der Waals surface area contributed by atoms with E-state index in [0.717, 1.165) is 31.6 Å². The molecule has 0 N–H and O–H groups in total. The Morgan fingerprint density at radius 3 is 2.42 bits per heavy atom. The van der Waals surface area contributed by atoms with Crippen LogP contribution in [-0.4, -0.2) is 48.4 Å². The van der Waals surface area contributed by atoms with Gasteiger partial charge >= 0.3 is 0 Å². The van der Waals surface area contributed by atoms with E-state index in [4.69, 9.17) is 23.2 Å². The van der Waals surface area contributed by atoms with E-state index in [-0.39, 0.29) is 18.1 Å². The Morgan fingerprint density at radius 2 is 1.73 bits per heavy atom. The fraction of sp³-hybridized carbons (Fsp3) is 0.350. The number of carbonyl (C=O) groups excluding carboxylic acids is 1. The molecule has 6 heteroatoms. The second-order valence-corrected chi connectivity index (χ2v) is 7.32. The average molecular weight is 395 g/mol. The maximum atomic E-state index is 13.7. The van der Waals surface area contributed by atoms with Gasteiger partial charge in [-0.1, -0.05) is 47.5 Å². The normalized spacial score (nSPS) is 15.3. The van der Waals surface area contributed by atoms with Crippen molar-refractivity contribution < 1.29 is 9.18 Å². The summed E-state index contributed by atoms with van der Waals surface area (Å²) in [5.74, 6) is -0.338. The van der Waals surface area contributed by atoms with Crippen LogP contribution in [0.4, 0.5) is 4.39 Å². The summed E-state index contributed by atoms with van der Waals surface area (Å²) in [5.41, 5.74) is 1.53. The van der Waals surface area contributed by atoms with E-state index >= 15 is 0 Å². The van der Waals surface area contributed by atoms with Gasteiger partial charge in [-0.2, -0.15) is 0 Å². The zero-order chi connectivity index (χ0) is 18.5. The van der Waals surface area contributed by atoms with Crippen molar-refractivity contribution in [3.8, 4) is 0 Å². The third-order valence-electron chi connectivity index (χ3n) is 4.74. The SMILES string of the molecule is O=C(Cc1ccccc1F)N1CCN(CCc2ccc(Cl)cc2Cl)CC1. The zero-order valence-electron chi connectivity index (χ0n) is 14.4. The van der Waals surface area contributed by atoms with Crippen LogP contribution in [-0.2, 0) is 17.6 Å². The fourth-order valence-corrected chi connectivity index (χ4v) is 3.64. The summed E-state index contributed by atoms with van der Waals surface area (Å²) < 4.78 is 13.7. The van der Waals surface area contributed by atoms with Crippen molar-refractivity contribution in [3.05, 3.63) is 69.5 Å². The number of benzene rings is 2. The van der Waals surface area contributed by atoms with Crippen molar-refractivity contribution in [2.24, 2.45) is 0 Å². The molecule has 3 nitrogen and oxygen atoms in total. The minimum absolute atomic E-state index is 0.0181. The van der Waals surface area contributed by atoms with E-state index in [1.807, 2.05) is 17.0 Å². The molecular weight excluding hydrogens is 374 g/mol. The van der Waals surface area contributed by atoms with Crippen molar-refractivity contribution in [2.45, 2.75) is 12.8 Å². The van der Waals surface area contributed by atoms with Gasteiger partial charge in [0.15, 0.2) is 0 Å². The van der Waals surface area contributed by atoms with Crippen LogP contribution in [0.5, 0.6) is 0 Å². The first-order chi connectivity index (χ1) is 12.5. The predicted octanol–water partition coefficient (Wildman–Crippen LogP) is 4.06. The minimum atomic E-state index is -0.320. The Hall–Kier alpha value is -1.62. The van der Waals surface area contributed by atoms with Gasteiger partial charge in [0.25, 0.3) is 0 Å². The number of amides is 1. The van der Waals surface area contributed by atoms with E-state index in [9.17, 15) is 9.18 Å². The highest BCUT2D eigenvalue weighted by Gasteiger charge is 2.21. The van der Waals surface area contributed by atoms with E-state index < -0.39 is 0 Å². The Kier molecular flexibility index (Phi) is 6.52. The van der Waals surface area contributed by atoms with Crippen LogP contribution in [0, 0.1) is 5.82 Å². The third kappa shape index (κ3) is 4.97. The quantitative estimate of drug-likeness (QED) is 0.763. The summed E-state index contributed by atoms with van der Waals surface area (Å²) in [4.78, 5) is 16.5. The molecule has 2 aromatic rings. The molecule has 0 saturated carbocycles. The number of rotatable bonds is 5. The summed E-state index contributed by atoms with van der Waals surface area (Å²) in [6.07, 6.45) is 0.965. The minimum Gasteiger partial charge on any atom is -0.340 e. The van der Waals surface area contributed by atoms with Crippen LogP contribution >= 0.6 is 23.2 Å². The molecule has 0 aliphatic carbocycles. The number of carbonyl (C=O) groups is 1. The summed E-state index contributed by atoms with van der Waals surface area (Å²) in [6, 6.07) is 12.0. The lowest BCUT2D eigenvalue weighted by molar-refractivity contribution is -0.132. The van der Waals surface area contributed by atoms with Crippen LogP contribution in [0.2, 0.25) is 10.0 Å². The van der Waals surface area contributed by atoms with Crippen LogP contribution in [0.3, 0.4) is 0 Å². The summed E-state index contributed by atoms with van der Waals surface area (Å²) >= 11 is 12.1. The Labute approximate surface area is 163 Å². The topological polar surface area (TPSA) is 23.6 Å². The molecule has 2 aromatic carbocycles. The molecule has 0 aromatic heterocycles. The van der Waals surface area contributed by atoms with Crippen LogP contribution in [0.1, 0.15) is 11.1 Å². The van der Waals surface area contributed by atoms with Gasteiger partial charge in [0.05, 0.1) is 6.42 Å². The van der Waals surface area contributed by atoms with Gasteiger partial charge in [0, 0.05) is 42.8 Å². The van der Waals surface area contributed by atoms with Gasteiger partial charge < -0.3 is 4.90 Å². The molecular formula is C20H21Cl2FN2O. The monoisotopic (exact) mass is 394 g/mol. The van der Waals surface area contributed by atoms with Crippen molar-refractivity contribution >= 4 is 29.1 Å². The van der Waals surface area contributed by atoms with E-state index in [2.05, 4.69) is 4.90 Å². The van der Waals surface area contributed by atoms with E-state index in [1.54, 1.807) is 24.3 Å². The van der Waals surface area contributed by atoms with Gasteiger partial charge in [-0.3, -0.25) is 9.69 Å². The van der Waals surface area contributed by atoms with Gasteiger partial charge in [-0.05, 0) is 35.7 Å². The second kappa shape index (κ2) is 8.85. The lowest BCUT2D eigenvalue weighted by Gasteiger charge is -2.35. The van der Waals surface area contributed by atoms with E-state index in [1.165, 1.54) is 6.07 Å². The molecule has 1 aliphatic rings. The van der Waals surface area contributed by atoms with Crippen molar-refractivity contribution in [3.63, 3.8) is 0 Å². The zero-order valence-corrected chi connectivity index (χ0v) is 15.9. The third-order valence-corrected chi connectivity index (χ3v) is 5.32. The second-order valence-electron chi connectivity index (χ2n) is 6.48. The Bertz CT molecular complexity index is 776. The average Bonchev–Trinajstić information content (AvgIpc) is 2.63. The first-order valence-corrected chi connectivity index (χ1v) is 9.46. The fourth-order valence-electron chi connectivity index (χ4n) is 3.14. The highest BCUT2D eigenvalue weighted by Crippen LogP contribution is 2.21. The van der Waals surface area contributed by atoms with Crippen molar-refractivity contribution in [1.82, 2.24) is 9.80 Å². The molecule has 0 bridgehead atoms. The van der Waals surface area contributed by atoms with Crippen molar-refractivity contribution in [2.75, 3.05) is 32.7 Å². The number of piperazine rings is 1. The molecule has 1 saturated heterocycles. The molecule has 0 atom stereocenters. The summed E-state index contributed by atoms with van der Waals surface area (Å²) in [5, 5.41) is 1.33. The Morgan fingerprint density at radius 1 is 1.00 bits per heavy atom. The van der Waals surface area contributed by atoms with Crippen LogP contribution < -0.4 is 0 Å². The summed E-state index contributed by atoms with van der Waals surface area (Å²) in [7, 11) is 0. The van der Waals surface area contributed by atoms with Gasteiger partial charge in [0.2, 0.25) is 5.91 Å². The molecule has 26 heavy (non-hydrogen) atoms. The van der Waals surface area contributed by atoms with Gasteiger partial charge in [0.1, 0.15) is 5.82 Å². The first-order valence-electron chi connectivity index (χ1n) is 8.70. The molecule has 138 valence electrons. The van der Waals surface area contributed by atoms with E-state index in [0.29, 0.717) is 28.7 Å². The number of hydrogen-bond donors (Lipinski definition) is 0. The molecule has 3 rings (SSSR count). The molecule has 1 aliphatic heterocycles. The van der Waals surface area contributed by atoms with Crippen molar-refractivity contribution in [1.29, 1.82) is 0 Å².